The van der Waals surface area contributed by atoms with Gasteiger partial charge in [-0.2, -0.15) is 5.21 Å². The van der Waals surface area contributed by atoms with Crippen molar-refractivity contribution in [3.8, 4) is 22.5 Å². The summed E-state index contributed by atoms with van der Waals surface area (Å²) in [6.45, 7) is 2.62. The molecule has 2 aromatic carbocycles. The van der Waals surface area contributed by atoms with Gasteiger partial charge in [-0.15, -0.1) is 20.3 Å². The topological polar surface area (TPSA) is 151 Å². The van der Waals surface area contributed by atoms with Crippen molar-refractivity contribution in [2.75, 3.05) is 0 Å². The van der Waals surface area contributed by atoms with E-state index in [1.165, 1.54) is 0 Å². The normalized spacial score (nSPS) is 24.7. The van der Waals surface area contributed by atoms with Gasteiger partial charge >= 0.3 is 5.97 Å². The molecule has 2 heterocycles. The number of hydrogen-bond donors (Lipinski definition) is 1. The van der Waals surface area contributed by atoms with Gasteiger partial charge in [-0.3, -0.25) is 4.79 Å². The lowest BCUT2D eigenvalue weighted by atomic mass is 9.48. The standard InChI is InChI=1S/C33H36ClN7O5/c1-2-3-8-28-35-29(34)27(19-45-31(42)32-14-22-13-23(15-32)17-33(16-22,20-32)46-41(43)44)40(28)18-21-9-11-24(12-10-21)25-6-4-5-7-26(25)30-36-38-39-37-30/h4-7,9-12,22-23H,2-3,8,13-20H2,1H3,(H,36,37,38,39). The van der Waals surface area contributed by atoms with E-state index >= 15 is 0 Å². The molecule has 2 atom stereocenters. The zero-order chi connectivity index (χ0) is 31.9. The number of carbonyl (C=O) groups is 1. The molecular weight excluding hydrogens is 610 g/mol. The largest absolute Gasteiger partial charge is 0.459 e. The molecule has 240 valence electrons. The monoisotopic (exact) mass is 645 g/mol. The van der Waals surface area contributed by atoms with Gasteiger partial charge in [0.25, 0.3) is 5.09 Å². The molecule has 0 amide bonds. The second-order valence-corrected chi connectivity index (χ2v) is 13.6. The van der Waals surface area contributed by atoms with Gasteiger partial charge in [0.2, 0.25) is 5.82 Å². The molecule has 12 nitrogen and oxygen atoms in total. The number of aryl methyl sites for hydroxylation is 1. The maximum absolute atomic E-state index is 13.8. The van der Waals surface area contributed by atoms with E-state index in [1.807, 2.05) is 24.3 Å². The van der Waals surface area contributed by atoms with Crippen LogP contribution in [-0.2, 0) is 33.9 Å². The Hall–Kier alpha value is -4.32. The highest BCUT2D eigenvalue weighted by Crippen LogP contribution is 2.63. The number of nitrogens with zero attached hydrogens (tertiary/aromatic N) is 6. The summed E-state index contributed by atoms with van der Waals surface area (Å²) in [5.74, 6) is 1.51. The van der Waals surface area contributed by atoms with E-state index in [0.717, 1.165) is 53.8 Å². The van der Waals surface area contributed by atoms with Crippen LogP contribution in [0.3, 0.4) is 0 Å². The second kappa shape index (κ2) is 12.1. The average Bonchev–Trinajstić information content (AvgIpc) is 3.66. The van der Waals surface area contributed by atoms with Crippen molar-refractivity contribution in [1.29, 1.82) is 0 Å². The van der Waals surface area contributed by atoms with Gasteiger partial charge in [-0.05, 0) is 78.7 Å². The van der Waals surface area contributed by atoms with Gasteiger partial charge in [0.05, 0.1) is 11.1 Å². The number of imidazole rings is 1. The number of benzene rings is 2. The Morgan fingerprint density at radius 3 is 2.52 bits per heavy atom. The van der Waals surface area contributed by atoms with E-state index < -0.39 is 16.1 Å². The Bertz CT molecular complexity index is 1730. The average molecular weight is 646 g/mol. The SMILES string of the molecule is CCCCc1nc(Cl)c(COC(=O)C23CC4CC(CC(O[N+](=O)[O-])(C4)C2)C3)n1Cc1ccc(-c2ccccc2-c2nn[nH]n2)cc1. The lowest BCUT2D eigenvalue weighted by Gasteiger charge is -2.59. The first-order valence-electron chi connectivity index (χ1n) is 15.9. The number of esters is 1. The van der Waals surface area contributed by atoms with E-state index in [9.17, 15) is 14.9 Å². The highest BCUT2D eigenvalue weighted by atomic mass is 35.5. The Balaban J connectivity index is 1.11. The second-order valence-electron chi connectivity index (χ2n) is 13.2. The zero-order valence-corrected chi connectivity index (χ0v) is 26.4. The molecule has 1 N–H and O–H groups in total. The molecular formula is C33H36ClN7O5. The third-order valence-electron chi connectivity index (χ3n) is 10.0. The molecule has 2 unspecified atom stereocenters. The number of H-pyrrole nitrogens is 1. The molecule has 8 rings (SSSR count). The molecule has 4 saturated carbocycles. The summed E-state index contributed by atoms with van der Waals surface area (Å²) in [5, 5.41) is 25.5. The summed E-state index contributed by atoms with van der Waals surface area (Å²) in [6.07, 6.45) is 6.62. The number of unbranched alkanes of at least 4 members (excludes halogenated alkanes) is 1. The minimum Gasteiger partial charge on any atom is -0.459 e. The van der Waals surface area contributed by atoms with E-state index in [1.54, 1.807) is 0 Å². The van der Waals surface area contributed by atoms with Crippen LogP contribution in [0.4, 0.5) is 0 Å². The summed E-state index contributed by atoms with van der Waals surface area (Å²) < 4.78 is 8.10. The Kier molecular flexibility index (Phi) is 8.00. The van der Waals surface area contributed by atoms with Crippen molar-refractivity contribution in [2.24, 2.45) is 17.3 Å². The number of rotatable bonds is 12. The van der Waals surface area contributed by atoms with Crippen molar-refractivity contribution < 1.29 is 19.5 Å². The fourth-order valence-corrected chi connectivity index (χ4v) is 8.76. The molecule has 4 bridgehead atoms. The summed E-state index contributed by atoms with van der Waals surface area (Å²) in [7, 11) is 0. The van der Waals surface area contributed by atoms with Gasteiger partial charge in [0.15, 0.2) is 5.15 Å². The van der Waals surface area contributed by atoms with Crippen LogP contribution < -0.4 is 0 Å². The molecule has 0 radical (unpaired) electrons. The molecule has 4 fully saturated rings. The van der Waals surface area contributed by atoms with Crippen LogP contribution in [0.25, 0.3) is 22.5 Å². The van der Waals surface area contributed by atoms with Crippen molar-refractivity contribution in [1.82, 2.24) is 30.2 Å². The molecule has 4 aliphatic carbocycles. The molecule has 0 saturated heterocycles. The first-order chi connectivity index (χ1) is 22.3. The smallest absolute Gasteiger partial charge is 0.312 e. The number of aromatic amines is 1. The van der Waals surface area contributed by atoms with Crippen LogP contribution in [0.5, 0.6) is 0 Å². The van der Waals surface area contributed by atoms with Crippen molar-refractivity contribution >= 4 is 17.6 Å². The number of aromatic nitrogens is 6. The van der Waals surface area contributed by atoms with E-state index in [0.29, 0.717) is 55.3 Å². The van der Waals surface area contributed by atoms with Crippen LogP contribution in [0.2, 0.25) is 5.15 Å². The minimum absolute atomic E-state index is 0.0207. The van der Waals surface area contributed by atoms with Crippen LogP contribution in [0, 0.1) is 27.4 Å². The van der Waals surface area contributed by atoms with Crippen LogP contribution in [-0.4, -0.2) is 46.8 Å². The first kappa shape index (κ1) is 30.3. The number of carbonyl (C=O) groups excluding carboxylic acids is 1. The third kappa shape index (κ3) is 5.74. The molecule has 4 aliphatic rings. The quantitative estimate of drug-likeness (QED) is 0.105. The van der Waals surface area contributed by atoms with Crippen molar-refractivity contribution in [3.63, 3.8) is 0 Å². The number of tetrazole rings is 1. The minimum atomic E-state index is -0.891. The van der Waals surface area contributed by atoms with Crippen LogP contribution in [0.1, 0.15) is 75.4 Å². The Morgan fingerprint density at radius 1 is 1.11 bits per heavy atom. The number of halogens is 1. The Labute approximate surface area is 271 Å². The highest BCUT2D eigenvalue weighted by molar-refractivity contribution is 6.30. The van der Waals surface area contributed by atoms with E-state index in [-0.39, 0.29) is 24.4 Å². The predicted octanol–water partition coefficient (Wildman–Crippen LogP) is 6.37. The summed E-state index contributed by atoms with van der Waals surface area (Å²) >= 11 is 6.71. The van der Waals surface area contributed by atoms with E-state index in [4.69, 9.17) is 21.2 Å². The summed E-state index contributed by atoms with van der Waals surface area (Å²) in [5.41, 5.74) is 2.92. The number of hydrogen-bond acceptors (Lipinski definition) is 9. The van der Waals surface area contributed by atoms with Gasteiger partial charge < -0.3 is 14.1 Å². The first-order valence-corrected chi connectivity index (χ1v) is 16.3. The maximum atomic E-state index is 13.8. The third-order valence-corrected chi connectivity index (χ3v) is 10.3. The van der Waals surface area contributed by atoms with Crippen LogP contribution in [0.15, 0.2) is 48.5 Å². The Morgan fingerprint density at radius 2 is 1.85 bits per heavy atom. The van der Waals surface area contributed by atoms with E-state index in [2.05, 4.69) is 61.4 Å². The fraction of sp³-hybridized carbons (Fsp3) is 0.485. The summed E-state index contributed by atoms with van der Waals surface area (Å²) in [4.78, 5) is 35.1. The van der Waals surface area contributed by atoms with Crippen molar-refractivity contribution in [3.05, 3.63) is 80.9 Å². The number of ether oxygens (including phenoxy) is 1. The highest BCUT2D eigenvalue weighted by Gasteiger charge is 2.63. The molecule has 0 aliphatic heterocycles. The molecule has 46 heavy (non-hydrogen) atoms. The molecule has 13 heteroatoms. The maximum Gasteiger partial charge on any atom is 0.312 e. The van der Waals surface area contributed by atoms with Gasteiger partial charge in [-0.1, -0.05) is 73.5 Å². The number of nitrogens with one attached hydrogen (secondary N) is 1. The fourth-order valence-electron chi connectivity index (χ4n) is 8.50. The predicted molar refractivity (Wildman–Crippen MR) is 168 cm³/mol. The van der Waals surface area contributed by atoms with Crippen molar-refractivity contribution in [2.45, 2.75) is 83.5 Å². The zero-order valence-electron chi connectivity index (χ0n) is 25.7. The lowest BCUT2D eigenvalue weighted by Crippen LogP contribution is -2.60. The molecule has 0 spiro atoms. The van der Waals surface area contributed by atoms with Gasteiger partial charge in [0.1, 0.15) is 18.0 Å². The summed E-state index contributed by atoms with van der Waals surface area (Å²) in [6, 6.07) is 16.2. The van der Waals surface area contributed by atoms with Gasteiger partial charge in [-0.25, -0.2) is 4.98 Å². The van der Waals surface area contributed by atoms with Gasteiger partial charge in [0, 0.05) is 18.5 Å². The lowest BCUT2D eigenvalue weighted by molar-refractivity contribution is -0.785. The van der Waals surface area contributed by atoms with Crippen LogP contribution >= 0.6 is 11.6 Å². The molecule has 2 aromatic heterocycles. The molecule has 4 aromatic rings.